The zero-order chi connectivity index (χ0) is 28.9. The molecule has 0 bridgehead atoms. The van der Waals surface area contributed by atoms with Crippen molar-refractivity contribution in [1.29, 1.82) is 0 Å². The standard InChI is InChI=1S/C30H29ClF4N2O3/c1-40-23-6-9-28-25(17-23)24(10-12-36-28)27(32)8-4-19-11-14-37(18-21(19)16-29(38)39)13-2-3-20-15-22(30(33,34)35)5-7-26(20)31/h5-7,9-10,12,15,17,19,21,27H,4,8,11,13-14,16,18H2,1H3,(H,38,39)/t19-,21+,27-/m1/s1. The fourth-order valence-electron chi connectivity index (χ4n) is 5.24. The van der Waals surface area contributed by atoms with Gasteiger partial charge in [-0.1, -0.05) is 23.4 Å². The van der Waals surface area contributed by atoms with Crippen molar-refractivity contribution >= 4 is 28.5 Å². The molecule has 0 radical (unpaired) electrons. The summed E-state index contributed by atoms with van der Waals surface area (Å²) >= 11 is 6.03. The van der Waals surface area contributed by atoms with Crippen molar-refractivity contribution < 1.29 is 32.2 Å². The second-order valence-electron chi connectivity index (χ2n) is 9.96. The average Bonchev–Trinajstić information content (AvgIpc) is 2.91. The number of carboxylic acids is 1. The summed E-state index contributed by atoms with van der Waals surface area (Å²) in [6.45, 7) is 1.33. The van der Waals surface area contributed by atoms with Crippen LogP contribution >= 0.6 is 11.6 Å². The average molecular weight is 577 g/mol. The summed E-state index contributed by atoms with van der Waals surface area (Å²) in [6, 6.07) is 9.99. The van der Waals surface area contributed by atoms with Gasteiger partial charge in [0.2, 0.25) is 0 Å². The summed E-state index contributed by atoms with van der Waals surface area (Å²) in [5, 5.41) is 10.3. The minimum Gasteiger partial charge on any atom is -0.497 e. The molecular formula is C30H29ClF4N2O3. The molecule has 1 fully saturated rings. The van der Waals surface area contributed by atoms with Gasteiger partial charge in [-0.05, 0) is 85.7 Å². The van der Waals surface area contributed by atoms with Crippen LogP contribution in [-0.4, -0.2) is 47.7 Å². The maximum atomic E-state index is 15.5. The zero-order valence-corrected chi connectivity index (χ0v) is 22.6. The molecule has 0 unspecified atom stereocenters. The summed E-state index contributed by atoms with van der Waals surface area (Å²) < 4.78 is 59.8. The van der Waals surface area contributed by atoms with Crippen molar-refractivity contribution in [2.75, 3.05) is 26.7 Å². The third kappa shape index (κ3) is 7.43. The molecule has 1 aliphatic heterocycles. The van der Waals surface area contributed by atoms with Crippen LogP contribution < -0.4 is 4.74 Å². The molecular weight excluding hydrogens is 548 g/mol. The van der Waals surface area contributed by atoms with E-state index in [1.165, 1.54) is 6.07 Å². The molecule has 0 aliphatic carbocycles. The molecule has 3 aromatic rings. The highest BCUT2D eigenvalue weighted by atomic mass is 35.5. The number of carboxylic acid groups (broad SMARTS) is 1. The fourth-order valence-corrected chi connectivity index (χ4v) is 5.41. The number of carbonyl (C=O) groups is 1. The predicted octanol–water partition coefficient (Wildman–Crippen LogP) is 7.17. The van der Waals surface area contributed by atoms with Crippen LogP contribution in [0.2, 0.25) is 5.02 Å². The highest BCUT2D eigenvalue weighted by molar-refractivity contribution is 6.31. The molecule has 10 heteroatoms. The van der Waals surface area contributed by atoms with E-state index < -0.39 is 23.9 Å². The summed E-state index contributed by atoms with van der Waals surface area (Å²) in [6.07, 6.45) is -2.79. The summed E-state index contributed by atoms with van der Waals surface area (Å²) in [7, 11) is 1.55. The Morgan fingerprint density at radius 2 is 2.02 bits per heavy atom. The molecule has 0 amide bonds. The zero-order valence-electron chi connectivity index (χ0n) is 21.8. The SMILES string of the molecule is COc1ccc2nccc([C@H](F)CC[C@@H]3CCN(CC#Cc4cc(C(F)(F)F)ccc4Cl)C[C@@H]3CC(=O)O)c2c1. The Labute approximate surface area is 235 Å². The molecule has 1 aliphatic rings. The molecule has 2 aromatic carbocycles. The molecule has 2 heterocycles. The number of likely N-dealkylation sites (tertiary alicyclic amines) is 1. The number of hydrogen-bond acceptors (Lipinski definition) is 4. The van der Waals surface area contributed by atoms with Crippen LogP contribution in [-0.2, 0) is 11.0 Å². The van der Waals surface area contributed by atoms with Gasteiger partial charge in [0, 0.05) is 30.1 Å². The van der Waals surface area contributed by atoms with Gasteiger partial charge in [-0.2, -0.15) is 13.2 Å². The summed E-state index contributed by atoms with van der Waals surface area (Å²) in [5.41, 5.74) is 0.461. The van der Waals surface area contributed by atoms with Crippen molar-refractivity contribution in [2.45, 2.75) is 38.0 Å². The number of hydrogen-bond donors (Lipinski definition) is 1. The predicted molar refractivity (Wildman–Crippen MR) is 145 cm³/mol. The van der Waals surface area contributed by atoms with Crippen LogP contribution in [0, 0.1) is 23.7 Å². The van der Waals surface area contributed by atoms with Gasteiger partial charge in [-0.25, -0.2) is 4.39 Å². The number of aromatic nitrogens is 1. The number of alkyl halides is 4. The van der Waals surface area contributed by atoms with Gasteiger partial charge >= 0.3 is 12.1 Å². The van der Waals surface area contributed by atoms with Crippen molar-refractivity contribution in [1.82, 2.24) is 9.88 Å². The third-order valence-corrected chi connectivity index (χ3v) is 7.67. The number of aliphatic carboxylic acids is 1. The summed E-state index contributed by atoms with van der Waals surface area (Å²) in [5.74, 6) is 5.09. The molecule has 1 aromatic heterocycles. The van der Waals surface area contributed by atoms with Gasteiger partial charge in [-0.15, -0.1) is 0 Å². The number of ether oxygens (including phenoxy) is 1. The van der Waals surface area contributed by atoms with E-state index in [2.05, 4.69) is 16.8 Å². The molecule has 5 nitrogen and oxygen atoms in total. The number of piperidine rings is 1. The lowest BCUT2D eigenvalue weighted by Crippen LogP contribution is -2.41. The number of pyridine rings is 1. The van der Waals surface area contributed by atoms with E-state index >= 15 is 4.39 Å². The number of methoxy groups -OCH3 is 1. The van der Waals surface area contributed by atoms with Gasteiger partial charge in [0.15, 0.2) is 0 Å². The van der Waals surface area contributed by atoms with Gasteiger partial charge in [0.25, 0.3) is 0 Å². The van der Waals surface area contributed by atoms with Crippen LogP contribution in [0.4, 0.5) is 17.6 Å². The number of nitrogens with zero attached hydrogens (tertiary/aromatic N) is 2. The minimum absolute atomic E-state index is 0.0131. The Hall–Kier alpha value is -3.35. The molecule has 0 saturated carbocycles. The monoisotopic (exact) mass is 576 g/mol. The van der Waals surface area contributed by atoms with Crippen LogP contribution in [0.5, 0.6) is 5.75 Å². The van der Waals surface area contributed by atoms with Crippen LogP contribution in [0.3, 0.4) is 0 Å². The smallest absolute Gasteiger partial charge is 0.416 e. The Kier molecular flexibility index (Phi) is 9.54. The van der Waals surface area contributed by atoms with Crippen molar-refractivity contribution in [3.05, 3.63) is 70.4 Å². The highest BCUT2D eigenvalue weighted by Gasteiger charge is 2.32. The Balaban J connectivity index is 1.40. The van der Waals surface area contributed by atoms with Crippen molar-refractivity contribution in [2.24, 2.45) is 11.8 Å². The molecule has 1 saturated heterocycles. The van der Waals surface area contributed by atoms with Crippen molar-refractivity contribution in [3.8, 4) is 17.6 Å². The highest BCUT2D eigenvalue weighted by Crippen LogP contribution is 2.36. The summed E-state index contributed by atoms with van der Waals surface area (Å²) in [4.78, 5) is 17.9. The van der Waals surface area contributed by atoms with Crippen molar-refractivity contribution in [3.63, 3.8) is 0 Å². The maximum absolute atomic E-state index is 15.5. The third-order valence-electron chi connectivity index (χ3n) is 7.34. The van der Waals surface area contributed by atoms with E-state index in [4.69, 9.17) is 16.3 Å². The van der Waals surface area contributed by atoms with Crippen LogP contribution in [0.1, 0.15) is 48.5 Å². The van der Waals surface area contributed by atoms with E-state index in [0.29, 0.717) is 48.1 Å². The Morgan fingerprint density at radius 3 is 2.75 bits per heavy atom. The lowest BCUT2D eigenvalue weighted by molar-refractivity contribution is -0.139. The first-order valence-electron chi connectivity index (χ1n) is 12.9. The van der Waals surface area contributed by atoms with E-state index in [1.807, 2.05) is 4.90 Å². The number of rotatable bonds is 8. The molecule has 40 heavy (non-hydrogen) atoms. The minimum atomic E-state index is -4.50. The second-order valence-corrected chi connectivity index (χ2v) is 10.4. The maximum Gasteiger partial charge on any atom is 0.416 e. The molecule has 4 rings (SSSR count). The van der Waals surface area contributed by atoms with Gasteiger partial charge < -0.3 is 9.84 Å². The van der Waals surface area contributed by atoms with E-state index in [0.717, 1.165) is 12.1 Å². The molecule has 212 valence electrons. The largest absolute Gasteiger partial charge is 0.497 e. The first-order valence-corrected chi connectivity index (χ1v) is 13.3. The van der Waals surface area contributed by atoms with E-state index in [1.54, 1.807) is 37.6 Å². The first kappa shape index (κ1) is 29.6. The van der Waals surface area contributed by atoms with Crippen LogP contribution in [0.15, 0.2) is 48.7 Å². The molecule has 0 spiro atoms. The van der Waals surface area contributed by atoms with E-state index in [-0.39, 0.29) is 41.8 Å². The van der Waals surface area contributed by atoms with Gasteiger partial charge in [0.1, 0.15) is 11.9 Å². The second kappa shape index (κ2) is 12.9. The lowest BCUT2D eigenvalue weighted by Gasteiger charge is -2.37. The topological polar surface area (TPSA) is 62.7 Å². The lowest BCUT2D eigenvalue weighted by atomic mass is 9.79. The number of fused-ring (bicyclic) bond motifs is 1. The molecule has 1 N–H and O–H groups in total. The Bertz CT molecular complexity index is 1420. The molecule has 3 atom stereocenters. The number of halogens is 5. The van der Waals surface area contributed by atoms with Crippen LogP contribution in [0.25, 0.3) is 10.9 Å². The van der Waals surface area contributed by atoms with Gasteiger partial charge in [0.05, 0.1) is 29.8 Å². The fraction of sp³-hybridized carbons (Fsp3) is 0.400. The van der Waals surface area contributed by atoms with Gasteiger partial charge in [-0.3, -0.25) is 14.7 Å². The van der Waals surface area contributed by atoms with E-state index in [9.17, 15) is 23.1 Å². The quantitative estimate of drug-likeness (QED) is 0.227. The Morgan fingerprint density at radius 1 is 1.23 bits per heavy atom. The normalized spacial score (nSPS) is 18.6. The first-order chi connectivity index (χ1) is 19.0. The number of benzene rings is 2.